The highest BCUT2D eigenvalue weighted by molar-refractivity contribution is 7.90. The number of benzene rings is 1. The molecule has 1 fully saturated rings. The van der Waals surface area contributed by atoms with Crippen molar-refractivity contribution in [2.24, 2.45) is 5.41 Å². The summed E-state index contributed by atoms with van der Waals surface area (Å²) >= 11 is 0. The quantitative estimate of drug-likeness (QED) is 0.848. The zero-order valence-electron chi connectivity index (χ0n) is 15.0. The summed E-state index contributed by atoms with van der Waals surface area (Å²) in [6, 6.07) is 5.27. The Morgan fingerprint density at radius 3 is 2.33 bits per heavy atom. The van der Waals surface area contributed by atoms with E-state index in [1.54, 1.807) is 12.1 Å². The number of anilines is 1. The van der Waals surface area contributed by atoms with Gasteiger partial charge in [0.25, 0.3) is 0 Å². The Bertz CT molecular complexity index is 712. The van der Waals surface area contributed by atoms with Gasteiger partial charge in [-0.1, -0.05) is 26.8 Å². The van der Waals surface area contributed by atoms with Crippen LogP contribution in [0.3, 0.4) is 0 Å². The van der Waals surface area contributed by atoms with E-state index in [1.165, 1.54) is 6.26 Å². The number of carbonyl (C=O) groups is 1. The highest BCUT2D eigenvalue weighted by atomic mass is 32.2. The van der Waals surface area contributed by atoms with E-state index < -0.39 is 9.84 Å². The van der Waals surface area contributed by atoms with Crippen molar-refractivity contribution >= 4 is 21.4 Å². The van der Waals surface area contributed by atoms with Gasteiger partial charge in [-0.3, -0.25) is 4.79 Å². The monoisotopic (exact) mass is 352 g/mol. The molecule has 0 atom stereocenters. The van der Waals surface area contributed by atoms with Gasteiger partial charge in [-0.25, -0.2) is 8.42 Å². The average molecular weight is 353 g/mol. The first kappa shape index (κ1) is 18.8. The second kappa shape index (κ2) is 6.75. The lowest BCUT2D eigenvalue weighted by Gasteiger charge is -2.34. The molecular formula is C18H28N2O3S. The summed E-state index contributed by atoms with van der Waals surface area (Å²) in [7, 11) is -3.33. The third kappa shape index (κ3) is 4.72. The van der Waals surface area contributed by atoms with Crippen molar-refractivity contribution in [1.82, 2.24) is 4.90 Å². The lowest BCUT2D eigenvalue weighted by Crippen LogP contribution is -2.39. The Labute approximate surface area is 145 Å². The first-order chi connectivity index (χ1) is 11.0. The fourth-order valence-electron chi connectivity index (χ4n) is 3.15. The van der Waals surface area contributed by atoms with E-state index in [-0.39, 0.29) is 22.1 Å². The highest BCUT2D eigenvalue weighted by Gasteiger charge is 2.27. The van der Waals surface area contributed by atoms with E-state index >= 15 is 0 Å². The zero-order chi connectivity index (χ0) is 18.1. The Balaban J connectivity index is 2.07. The maximum atomic E-state index is 12.3. The molecule has 0 aliphatic carbocycles. The third-order valence-electron chi connectivity index (χ3n) is 4.44. The number of sulfone groups is 1. The molecule has 1 amide bonds. The molecule has 0 radical (unpaired) electrons. The molecule has 2 rings (SSSR count). The van der Waals surface area contributed by atoms with Gasteiger partial charge >= 0.3 is 0 Å². The number of rotatable bonds is 3. The SMILES string of the molecule is CC(C)(C)CC(=O)N1CCC(c2ccc(N)c(S(C)(=O)=O)c2)CC1. The minimum atomic E-state index is -3.33. The van der Waals surface area contributed by atoms with Gasteiger partial charge in [0.15, 0.2) is 9.84 Å². The molecule has 0 bridgehead atoms. The molecule has 134 valence electrons. The van der Waals surface area contributed by atoms with Gasteiger partial charge in [0, 0.05) is 25.8 Å². The number of likely N-dealkylation sites (tertiary alicyclic amines) is 1. The summed E-state index contributed by atoms with van der Waals surface area (Å²) in [6.07, 6.45) is 3.43. The number of amides is 1. The molecule has 1 aromatic rings. The molecule has 1 aromatic carbocycles. The predicted molar refractivity (Wildman–Crippen MR) is 96.6 cm³/mol. The summed E-state index contributed by atoms with van der Waals surface area (Å²) in [4.78, 5) is 14.4. The van der Waals surface area contributed by atoms with Crippen LogP contribution in [0.4, 0.5) is 5.69 Å². The summed E-state index contributed by atoms with van der Waals surface area (Å²) in [5, 5.41) is 0. The Hall–Kier alpha value is -1.56. The second-order valence-corrected chi connectivity index (χ2v) is 9.95. The fourth-order valence-corrected chi connectivity index (χ4v) is 4.00. The van der Waals surface area contributed by atoms with Crippen molar-refractivity contribution in [3.8, 4) is 0 Å². The van der Waals surface area contributed by atoms with E-state index in [0.29, 0.717) is 12.1 Å². The average Bonchev–Trinajstić information content (AvgIpc) is 2.45. The molecule has 6 heteroatoms. The number of piperidine rings is 1. The van der Waals surface area contributed by atoms with Crippen LogP contribution in [0.1, 0.15) is 51.5 Å². The van der Waals surface area contributed by atoms with Gasteiger partial charge in [0.05, 0.1) is 10.6 Å². The number of nitrogens with two attached hydrogens (primary N) is 1. The van der Waals surface area contributed by atoms with Crippen LogP contribution >= 0.6 is 0 Å². The molecular weight excluding hydrogens is 324 g/mol. The van der Waals surface area contributed by atoms with Crippen LogP contribution in [0, 0.1) is 5.41 Å². The summed E-state index contributed by atoms with van der Waals surface area (Å²) in [6.45, 7) is 7.65. The van der Waals surface area contributed by atoms with Crippen LogP contribution < -0.4 is 5.73 Å². The lowest BCUT2D eigenvalue weighted by atomic mass is 9.87. The number of nitrogen functional groups attached to an aromatic ring is 1. The van der Waals surface area contributed by atoms with E-state index in [1.807, 2.05) is 11.0 Å². The normalized spacial score (nSPS) is 17.1. The first-order valence-corrected chi connectivity index (χ1v) is 10.2. The van der Waals surface area contributed by atoms with Crippen molar-refractivity contribution in [1.29, 1.82) is 0 Å². The molecule has 5 nitrogen and oxygen atoms in total. The molecule has 24 heavy (non-hydrogen) atoms. The second-order valence-electron chi connectivity index (χ2n) is 7.96. The third-order valence-corrected chi connectivity index (χ3v) is 5.59. The minimum absolute atomic E-state index is 0.00469. The van der Waals surface area contributed by atoms with Gasteiger partial charge in [0.2, 0.25) is 5.91 Å². The van der Waals surface area contributed by atoms with Crippen molar-refractivity contribution in [3.05, 3.63) is 23.8 Å². The molecule has 0 unspecified atom stereocenters. The number of carbonyl (C=O) groups excluding carboxylic acids is 1. The van der Waals surface area contributed by atoms with Gasteiger partial charge in [0.1, 0.15) is 0 Å². The van der Waals surface area contributed by atoms with E-state index in [4.69, 9.17) is 5.73 Å². The zero-order valence-corrected chi connectivity index (χ0v) is 15.8. The summed E-state index contributed by atoms with van der Waals surface area (Å²) < 4.78 is 23.7. The number of hydrogen-bond acceptors (Lipinski definition) is 4. The Morgan fingerprint density at radius 2 is 1.83 bits per heavy atom. The molecule has 2 N–H and O–H groups in total. The summed E-state index contributed by atoms with van der Waals surface area (Å²) in [5.41, 5.74) is 7.07. The minimum Gasteiger partial charge on any atom is -0.398 e. The highest BCUT2D eigenvalue weighted by Crippen LogP contribution is 2.32. The van der Waals surface area contributed by atoms with E-state index in [2.05, 4.69) is 20.8 Å². The number of nitrogens with zero attached hydrogens (tertiary/aromatic N) is 1. The van der Waals surface area contributed by atoms with Crippen LogP contribution in [0.25, 0.3) is 0 Å². The van der Waals surface area contributed by atoms with Crippen LogP contribution in [0.2, 0.25) is 0 Å². The smallest absolute Gasteiger partial charge is 0.223 e. The van der Waals surface area contributed by atoms with Gasteiger partial charge < -0.3 is 10.6 Å². The standard InChI is InChI=1S/C18H28N2O3S/c1-18(2,3)12-17(21)20-9-7-13(8-10-20)14-5-6-15(19)16(11-14)24(4,22)23/h5-6,11,13H,7-10,12,19H2,1-4H3. The van der Waals surface area contributed by atoms with Crippen molar-refractivity contribution < 1.29 is 13.2 Å². The van der Waals surface area contributed by atoms with Crippen molar-refractivity contribution in [3.63, 3.8) is 0 Å². The summed E-state index contributed by atoms with van der Waals surface area (Å²) in [5.74, 6) is 0.472. The van der Waals surface area contributed by atoms with Crippen LogP contribution in [-0.2, 0) is 14.6 Å². The maximum Gasteiger partial charge on any atom is 0.223 e. The van der Waals surface area contributed by atoms with E-state index in [0.717, 1.165) is 31.5 Å². The molecule has 0 spiro atoms. The fraction of sp³-hybridized carbons (Fsp3) is 0.611. The van der Waals surface area contributed by atoms with Crippen molar-refractivity contribution in [2.75, 3.05) is 25.1 Å². The molecule has 0 saturated carbocycles. The molecule has 1 heterocycles. The van der Waals surface area contributed by atoms with E-state index in [9.17, 15) is 13.2 Å². The van der Waals surface area contributed by atoms with Gasteiger partial charge in [-0.05, 0) is 41.9 Å². The Morgan fingerprint density at radius 1 is 1.25 bits per heavy atom. The lowest BCUT2D eigenvalue weighted by molar-refractivity contribution is -0.134. The first-order valence-electron chi connectivity index (χ1n) is 8.34. The molecule has 1 aliphatic heterocycles. The topological polar surface area (TPSA) is 80.5 Å². The van der Waals surface area contributed by atoms with Crippen LogP contribution in [-0.4, -0.2) is 38.6 Å². The van der Waals surface area contributed by atoms with Crippen molar-refractivity contribution in [2.45, 2.75) is 50.8 Å². The predicted octanol–water partition coefficient (Wildman–Crippen LogP) is 2.81. The largest absolute Gasteiger partial charge is 0.398 e. The molecule has 1 saturated heterocycles. The van der Waals surface area contributed by atoms with Gasteiger partial charge in [-0.15, -0.1) is 0 Å². The Kier molecular flexibility index (Phi) is 5.28. The molecule has 1 aliphatic rings. The van der Waals surface area contributed by atoms with Gasteiger partial charge in [-0.2, -0.15) is 0 Å². The molecule has 0 aromatic heterocycles. The maximum absolute atomic E-state index is 12.3. The van der Waals surface area contributed by atoms with Crippen LogP contribution in [0.15, 0.2) is 23.1 Å². The number of hydrogen-bond donors (Lipinski definition) is 1. The van der Waals surface area contributed by atoms with Crippen LogP contribution in [0.5, 0.6) is 0 Å².